The first-order chi connectivity index (χ1) is 7.46. The smallest absolute Gasteiger partial charge is 0.137 e. The lowest BCUT2D eigenvalue weighted by molar-refractivity contribution is 0.327. The first kappa shape index (κ1) is 13.7. The molecule has 0 radical (unpaired) electrons. The van der Waals surface area contributed by atoms with Gasteiger partial charge in [-0.05, 0) is 39.4 Å². The van der Waals surface area contributed by atoms with Crippen molar-refractivity contribution in [2.75, 3.05) is 6.54 Å². The monoisotopic (exact) mass is 287 g/mol. The Morgan fingerprint density at radius 1 is 1.38 bits per heavy atom. The van der Waals surface area contributed by atoms with Crippen LogP contribution in [-0.4, -0.2) is 6.54 Å². The molecule has 0 bridgehead atoms. The van der Waals surface area contributed by atoms with Crippen LogP contribution in [0.3, 0.4) is 0 Å². The summed E-state index contributed by atoms with van der Waals surface area (Å²) >= 11 is 3.26. The molecule has 0 fully saturated rings. The average Bonchev–Trinajstić information content (AvgIpc) is 2.24. The van der Waals surface area contributed by atoms with Crippen LogP contribution in [0.5, 0.6) is 0 Å². The molecule has 0 spiro atoms. The Morgan fingerprint density at radius 2 is 2.06 bits per heavy atom. The normalized spacial score (nSPS) is 11.8. The molecule has 0 heterocycles. The van der Waals surface area contributed by atoms with Gasteiger partial charge in [-0.15, -0.1) is 0 Å². The molecule has 3 heteroatoms. The van der Waals surface area contributed by atoms with Crippen LogP contribution in [0.4, 0.5) is 4.39 Å². The maximum absolute atomic E-state index is 13.2. The number of benzene rings is 1. The Morgan fingerprint density at radius 3 is 2.69 bits per heavy atom. The lowest BCUT2D eigenvalue weighted by Crippen LogP contribution is -2.28. The van der Waals surface area contributed by atoms with Gasteiger partial charge in [-0.25, -0.2) is 4.39 Å². The van der Waals surface area contributed by atoms with Crippen molar-refractivity contribution < 1.29 is 4.39 Å². The molecule has 0 atom stereocenters. The van der Waals surface area contributed by atoms with E-state index in [4.69, 9.17) is 0 Å². The molecular weight excluding hydrogens is 269 g/mol. The van der Waals surface area contributed by atoms with Crippen molar-refractivity contribution in [3.05, 3.63) is 34.1 Å². The molecule has 0 aliphatic rings. The summed E-state index contributed by atoms with van der Waals surface area (Å²) in [5, 5.41) is 3.36. The SMILES string of the molecule is CCC(C)(C)CNCc1cccc(F)c1Br. The lowest BCUT2D eigenvalue weighted by atomic mass is 9.90. The summed E-state index contributed by atoms with van der Waals surface area (Å²) in [4.78, 5) is 0. The van der Waals surface area contributed by atoms with Crippen LogP contribution in [0.25, 0.3) is 0 Å². The minimum atomic E-state index is -0.200. The molecule has 1 aromatic rings. The average molecular weight is 288 g/mol. The summed E-state index contributed by atoms with van der Waals surface area (Å²) in [6.45, 7) is 8.26. The molecule has 0 aliphatic heterocycles. The van der Waals surface area contributed by atoms with Gasteiger partial charge in [0.15, 0.2) is 0 Å². The summed E-state index contributed by atoms with van der Waals surface area (Å²) in [6.07, 6.45) is 1.13. The van der Waals surface area contributed by atoms with E-state index in [1.807, 2.05) is 6.07 Å². The number of halogens is 2. The van der Waals surface area contributed by atoms with Crippen LogP contribution in [0.1, 0.15) is 32.8 Å². The highest BCUT2D eigenvalue weighted by molar-refractivity contribution is 9.10. The summed E-state index contributed by atoms with van der Waals surface area (Å²) in [5.41, 5.74) is 1.26. The van der Waals surface area contributed by atoms with Crippen molar-refractivity contribution in [1.29, 1.82) is 0 Å². The van der Waals surface area contributed by atoms with Crippen LogP contribution in [-0.2, 0) is 6.54 Å². The predicted octanol–water partition coefficient (Wildman–Crippen LogP) is 4.11. The largest absolute Gasteiger partial charge is 0.312 e. The Labute approximate surface area is 106 Å². The zero-order valence-corrected chi connectivity index (χ0v) is 11.7. The quantitative estimate of drug-likeness (QED) is 0.859. The molecule has 0 aromatic heterocycles. The molecule has 1 N–H and O–H groups in total. The van der Waals surface area contributed by atoms with E-state index in [0.717, 1.165) is 18.5 Å². The lowest BCUT2D eigenvalue weighted by Gasteiger charge is -2.23. The molecule has 1 aromatic carbocycles. The molecule has 0 unspecified atom stereocenters. The zero-order chi connectivity index (χ0) is 12.2. The third-order valence-corrected chi connectivity index (χ3v) is 3.80. The molecule has 1 rings (SSSR count). The minimum Gasteiger partial charge on any atom is -0.312 e. The Balaban J connectivity index is 2.53. The predicted molar refractivity (Wildman–Crippen MR) is 69.9 cm³/mol. The van der Waals surface area contributed by atoms with Gasteiger partial charge < -0.3 is 5.32 Å². The van der Waals surface area contributed by atoms with Gasteiger partial charge in [0.25, 0.3) is 0 Å². The van der Waals surface area contributed by atoms with Gasteiger partial charge in [-0.3, -0.25) is 0 Å². The molecule has 0 saturated carbocycles. The van der Waals surface area contributed by atoms with Crippen molar-refractivity contribution in [1.82, 2.24) is 5.32 Å². The summed E-state index contributed by atoms with van der Waals surface area (Å²) < 4.78 is 13.8. The van der Waals surface area contributed by atoms with Gasteiger partial charge >= 0.3 is 0 Å². The third-order valence-electron chi connectivity index (χ3n) is 2.91. The van der Waals surface area contributed by atoms with E-state index in [0.29, 0.717) is 16.4 Å². The van der Waals surface area contributed by atoms with Crippen LogP contribution in [0, 0.1) is 11.2 Å². The summed E-state index contributed by atoms with van der Waals surface area (Å²) in [5.74, 6) is -0.200. The highest BCUT2D eigenvalue weighted by atomic mass is 79.9. The van der Waals surface area contributed by atoms with Crippen molar-refractivity contribution in [2.45, 2.75) is 33.7 Å². The topological polar surface area (TPSA) is 12.0 Å². The van der Waals surface area contributed by atoms with Crippen LogP contribution in [0.2, 0.25) is 0 Å². The standard InChI is InChI=1S/C13H19BrFN/c1-4-13(2,3)9-16-8-10-6-5-7-11(15)12(10)14/h5-7,16H,4,8-9H2,1-3H3. The van der Waals surface area contributed by atoms with Gasteiger partial charge in [0.05, 0.1) is 4.47 Å². The summed E-state index contributed by atoms with van der Waals surface area (Å²) in [6, 6.07) is 5.13. The second-order valence-corrected chi connectivity index (χ2v) is 5.63. The molecule has 0 saturated heterocycles. The minimum absolute atomic E-state index is 0.200. The van der Waals surface area contributed by atoms with E-state index in [2.05, 4.69) is 42.0 Å². The van der Waals surface area contributed by atoms with E-state index < -0.39 is 0 Å². The molecule has 90 valence electrons. The Bertz CT molecular complexity index is 350. The third kappa shape index (κ3) is 3.87. The maximum Gasteiger partial charge on any atom is 0.137 e. The highest BCUT2D eigenvalue weighted by Crippen LogP contribution is 2.21. The number of hydrogen-bond acceptors (Lipinski definition) is 1. The number of nitrogens with one attached hydrogen (secondary N) is 1. The van der Waals surface area contributed by atoms with Gasteiger partial charge in [-0.1, -0.05) is 32.9 Å². The first-order valence-corrected chi connectivity index (χ1v) is 6.39. The van der Waals surface area contributed by atoms with E-state index in [-0.39, 0.29) is 5.82 Å². The molecule has 16 heavy (non-hydrogen) atoms. The van der Waals surface area contributed by atoms with E-state index in [1.54, 1.807) is 6.07 Å². The molecule has 0 amide bonds. The van der Waals surface area contributed by atoms with Gasteiger partial charge in [-0.2, -0.15) is 0 Å². The van der Waals surface area contributed by atoms with Gasteiger partial charge in [0, 0.05) is 13.1 Å². The maximum atomic E-state index is 13.2. The highest BCUT2D eigenvalue weighted by Gasteiger charge is 2.14. The zero-order valence-electron chi connectivity index (χ0n) is 10.1. The number of hydrogen-bond donors (Lipinski definition) is 1. The van der Waals surface area contributed by atoms with E-state index in [9.17, 15) is 4.39 Å². The Hall–Kier alpha value is -0.410. The van der Waals surface area contributed by atoms with Crippen molar-refractivity contribution in [3.63, 3.8) is 0 Å². The number of rotatable bonds is 5. The van der Waals surface area contributed by atoms with Crippen LogP contribution in [0.15, 0.2) is 22.7 Å². The van der Waals surface area contributed by atoms with Gasteiger partial charge in [0.1, 0.15) is 5.82 Å². The van der Waals surface area contributed by atoms with Crippen molar-refractivity contribution in [2.24, 2.45) is 5.41 Å². The second-order valence-electron chi connectivity index (χ2n) is 4.83. The Kier molecular flexibility index (Phi) is 4.93. The molecule has 0 aliphatic carbocycles. The van der Waals surface area contributed by atoms with Crippen LogP contribution < -0.4 is 5.32 Å². The fourth-order valence-electron chi connectivity index (χ4n) is 1.35. The van der Waals surface area contributed by atoms with Crippen LogP contribution >= 0.6 is 15.9 Å². The fourth-order valence-corrected chi connectivity index (χ4v) is 1.75. The van der Waals surface area contributed by atoms with Crippen molar-refractivity contribution >= 4 is 15.9 Å². The summed E-state index contributed by atoms with van der Waals surface area (Å²) in [7, 11) is 0. The van der Waals surface area contributed by atoms with Crippen molar-refractivity contribution in [3.8, 4) is 0 Å². The van der Waals surface area contributed by atoms with Gasteiger partial charge in [0.2, 0.25) is 0 Å². The van der Waals surface area contributed by atoms with E-state index >= 15 is 0 Å². The molecular formula is C13H19BrFN. The first-order valence-electron chi connectivity index (χ1n) is 5.60. The van der Waals surface area contributed by atoms with E-state index in [1.165, 1.54) is 6.07 Å². The fraction of sp³-hybridized carbons (Fsp3) is 0.538. The molecule has 1 nitrogen and oxygen atoms in total. The second kappa shape index (κ2) is 5.78.